The second kappa shape index (κ2) is 13.1. The predicted octanol–water partition coefficient (Wildman–Crippen LogP) is 9.44. The maximum Gasteiger partial charge on any atom is 0.129 e. The Bertz CT molecular complexity index is 789. The molecule has 0 aromatic heterocycles. The number of halogens is 1. The molecule has 1 aliphatic rings. The summed E-state index contributed by atoms with van der Waals surface area (Å²) in [6, 6.07) is 14.4. The van der Waals surface area contributed by atoms with Crippen LogP contribution in [0.3, 0.4) is 0 Å². The van der Waals surface area contributed by atoms with Crippen molar-refractivity contribution in [3.05, 3.63) is 59.4 Å². The summed E-state index contributed by atoms with van der Waals surface area (Å²) in [6.45, 7) is 6.96. The van der Waals surface area contributed by atoms with E-state index in [1.807, 2.05) is 12.1 Å². The summed E-state index contributed by atoms with van der Waals surface area (Å²) in [6.07, 6.45) is 14.2. The van der Waals surface area contributed by atoms with Gasteiger partial charge in [0.1, 0.15) is 5.82 Å². The highest BCUT2D eigenvalue weighted by atomic mass is 19.1. The molecule has 0 amide bonds. The van der Waals surface area contributed by atoms with Crippen molar-refractivity contribution in [3.8, 4) is 11.1 Å². The Morgan fingerprint density at radius 3 is 2.25 bits per heavy atom. The third-order valence-electron chi connectivity index (χ3n) is 7.30. The molecule has 0 saturated heterocycles. The van der Waals surface area contributed by atoms with E-state index in [2.05, 4.69) is 45.0 Å². The molecule has 2 heteroatoms. The molecular formula is C30H43FO. The summed E-state index contributed by atoms with van der Waals surface area (Å²) in [5, 5.41) is 0. The van der Waals surface area contributed by atoms with Gasteiger partial charge in [-0.1, -0.05) is 88.8 Å². The molecule has 0 aliphatic heterocycles. The summed E-state index contributed by atoms with van der Waals surface area (Å²) >= 11 is 0. The van der Waals surface area contributed by atoms with Gasteiger partial charge in [-0.3, -0.25) is 0 Å². The Kier molecular flexibility index (Phi) is 10.2. The predicted molar refractivity (Wildman–Crippen MR) is 134 cm³/mol. The second-order valence-electron chi connectivity index (χ2n) is 9.91. The standard InChI is InChI=1S/C30H43FO/c1-4-6-7-8-10-23(3)32-22-29-20-19-28(21-30(29)31)27-17-15-26(16-18-27)25-13-11-24(9-5-2)12-14-25/h15-21,23-25H,4-14,22H2,1-3H3. The molecule has 1 atom stereocenters. The Morgan fingerprint density at radius 2 is 1.59 bits per heavy atom. The smallest absolute Gasteiger partial charge is 0.129 e. The first-order chi connectivity index (χ1) is 15.6. The molecule has 0 N–H and O–H groups in total. The topological polar surface area (TPSA) is 9.23 Å². The minimum Gasteiger partial charge on any atom is -0.374 e. The van der Waals surface area contributed by atoms with Crippen LogP contribution in [0.25, 0.3) is 11.1 Å². The minimum absolute atomic E-state index is 0.168. The van der Waals surface area contributed by atoms with Crippen molar-refractivity contribution >= 4 is 0 Å². The van der Waals surface area contributed by atoms with Gasteiger partial charge in [0.15, 0.2) is 0 Å². The van der Waals surface area contributed by atoms with Crippen LogP contribution in [0.4, 0.5) is 4.39 Å². The first-order valence-corrected chi connectivity index (χ1v) is 13.1. The third kappa shape index (κ3) is 7.44. The largest absolute Gasteiger partial charge is 0.374 e. The maximum absolute atomic E-state index is 14.7. The molecule has 2 aromatic carbocycles. The molecule has 0 spiro atoms. The van der Waals surface area contributed by atoms with Gasteiger partial charge in [0.05, 0.1) is 12.7 Å². The first kappa shape index (κ1) is 25.0. The van der Waals surface area contributed by atoms with Gasteiger partial charge in [-0.05, 0) is 73.6 Å². The first-order valence-electron chi connectivity index (χ1n) is 13.1. The van der Waals surface area contributed by atoms with Gasteiger partial charge >= 0.3 is 0 Å². The number of unbranched alkanes of at least 4 members (excludes halogenated alkanes) is 3. The van der Waals surface area contributed by atoms with Gasteiger partial charge in [0.2, 0.25) is 0 Å². The van der Waals surface area contributed by atoms with E-state index < -0.39 is 0 Å². The van der Waals surface area contributed by atoms with Crippen molar-refractivity contribution in [2.45, 2.75) is 110 Å². The van der Waals surface area contributed by atoms with E-state index in [0.29, 0.717) is 18.1 Å². The van der Waals surface area contributed by atoms with Crippen molar-refractivity contribution in [1.82, 2.24) is 0 Å². The van der Waals surface area contributed by atoms with Crippen LogP contribution >= 0.6 is 0 Å². The monoisotopic (exact) mass is 438 g/mol. The molecule has 1 unspecified atom stereocenters. The molecule has 1 aliphatic carbocycles. The van der Waals surface area contributed by atoms with Crippen molar-refractivity contribution in [2.75, 3.05) is 0 Å². The van der Waals surface area contributed by atoms with Gasteiger partial charge in [0.25, 0.3) is 0 Å². The van der Waals surface area contributed by atoms with Gasteiger partial charge in [-0.25, -0.2) is 4.39 Å². The van der Waals surface area contributed by atoms with E-state index in [4.69, 9.17) is 4.74 Å². The van der Waals surface area contributed by atoms with Crippen molar-refractivity contribution in [1.29, 1.82) is 0 Å². The lowest BCUT2D eigenvalue weighted by Crippen LogP contribution is -2.13. The fourth-order valence-corrected chi connectivity index (χ4v) is 5.16. The normalized spacial score (nSPS) is 19.8. The lowest BCUT2D eigenvalue weighted by Gasteiger charge is -2.28. The average molecular weight is 439 g/mol. The van der Waals surface area contributed by atoms with Crippen LogP contribution in [-0.4, -0.2) is 6.10 Å². The number of hydrogen-bond donors (Lipinski definition) is 0. The van der Waals surface area contributed by atoms with Crippen LogP contribution in [-0.2, 0) is 11.3 Å². The lowest BCUT2D eigenvalue weighted by molar-refractivity contribution is 0.0443. The van der Waals surface area contributed by atoms with Crippen LogP contribution < -0.4 is 0 Å². The fourth-order valence-electron chi connectivity index (χ4n) is 5.16. The lowest BCUT2D eigenvalue weighted by atomic mass is 9.77. The van der Waals surface area contributed by atoms with E-state index in [1.165, 1.54) is 69.8 Å². The van der Waals surface area contributed by atoms with Gasteiger partial charge in [-0.15, -0.1) is 0 Å². The second-order valence-corrected chi connectivity index (χ2v) is 9.91. The van der Waals surface area contributed by atoms with Crippen molar-refractivity contribution in [3.63, 3.8) is 0 Å². The number of hydrogen-bond acceptors (Lipinski definition) is 1. The number of rotatable bonds is 12. The van der Waals surface area contributed by atoms with Crippen LogP contribution in [0, 0.1) is 11.7 Å². The van der Waals surface area contributed by atoms with Gasteiger partial charge in [0, 0.05) is 5.56 Å². The summed E-state index contributed by atoms with van der Waals surface area (Å²) < 4.78 is 20.6. The Balaban J connectivity index is 1.52. The van der Waals surface area contributed by atoms with E-state index in [1.54, 1.807) is 6.07 Å². The quantitative estimate of drug-likeness (QED) is 0.300. The molecule has 176 valence electrons. The highest BCUT2D eigenvalue weighted by Crippen LogP contribution is 2.38. The van der Waals surface area contributed by atoms with Crippen LogP contribution in [0.2, 0.25) is 0 Å². The molecule has 32 heavy (non-hydrogen) atoms. The number of ether oxygens (including phenoxy) is 1. The Labute approximate surface area is 195 Å². The molecule has 2 aromatic rings. The molecule has 0 radical (unpaired) electrons. The highest BCUT2D eigenvalue weighted by molar-refractivity contribution is 5.64. The summed E-state index contributed by atoms with van der Waals surface area (Å²) in [5.74, 6) is 1.46. The van der Waals surface area contributed by atoms with E-state index >= 15 is 0 Å². The Morgan fingerprint density at radius 1 is 0.875 bits per heavy atom. The van der Waals surface area contributed by atoms with Crippen molar-refractivity contribution in [2.24, 2.45) is 5.92 Å². The van der Waals surface area contributed by atoms with E-state index in [-0.39, 0.29) is 11.9 Å². The van der Waals surface area contributed by atoms with Gasteiger partial charge in [-0.2, -0.15) is 0 Å². The average Bonchev–Trinajstić information content (AvgIpc) is 2.82. The van der Waals surface area contributed by atoms with Crippen LogP contribution in [0.15, 0.2) is 42.5 Å². The SMILES string of the molecule is CCCCCCC(C)OCc1ccc(-c2ccc(C3CCC(CCC)CC3)cc2)cc1F. The number of benzene rings is 2. The zero-order valence-corrected chi connectivity index (χ0v) is 20.5. The molecule has 1 nitrogen and oxygen atoms in total. The summed E-state index contributed by atoms with van der Waals surface area (Å²) in [7, 11) is 0. The van der Waals surface area contributed by atoms with Crippen LogP contribution in [0.5, 0.6) is 0 Å². The van der Waals surface area contributed by atoms with E-state index in [0.717, 1.165) is 23.5 Å². The molecule has 0 bridgehead atoms. The zero-order chi connectivity index (χ0) is 22.8. The molecule has 0 heterocycles. The zero-order valence-electron chi connectivity index (χ0n) is 20.5. The summed E-state index contributed by atoms with van der Waals surface area (Å²) in [5.41, 5.74) is 4.12. The Hall–Kier alpha value is -1.67. The maximum atomic E-state index is 14.7. The third-order valence-corrected chi connectivity index (χ3v) is 7.30. The molecule has 3 rings (SSSR count). The fraction of sp³-hybridized carbons (Fsp3) is 0.600. The van der Waals surface area contributed by atoms with Gasteiger partial charge < -0.3 is 4.74 Å². The highest BCUT2D eigenvalue weighted by Gasteiger charge is 2.21. The molecule has 1 saturated carbocycles. The van der Waals surface area contributed by atoms with E-state index in [9.17, 15) is 4.39 Å². The minimum atomic E-state index is -0.168. The molecule has 1 fully saturated rings. The molecular weight excluding hydrogens is 395 g/mol. The summed E-state index contributed by atoms with van der Waals surface area (Å²) in [4.78, 5) is 0. The van der Waals surface area contributed by atoms with Crippen molar-refractivity contribution < 1.29 is 9.13 Å². The van der Waals surface area contributed by atoms with Crippen LogP contribution in [0.1, 0.15) is 108 Å².